The SMILES string of the molecule is CCCCCCC1CCC(N)(N)CC1. The molecule has 0 aromatic carbocycles. The van der Waals surface area contributed by atoms with Gasteiger partial charge in [-0.2, -0.15) is 0 Å². The largest absolute Gasteiger partial charge is 0.313 e. The molecule has 0 aliphatic heterocycles. The van der Waals surface area contributed by atoms with Crippen LogP contribution < -0.4 is 11.5 Å². The molecule has 1 fully saturated rings. The van der Waals surface area contributed by atoms with Crippen LogP contribution in [0, 0.1) is 5.92 Å². The van der Waals surface area contributed by atoms with Gasteiger partial charge in [0.2, 0.25) is 0 Å². The van der Waals surface area contributed by atoms with E-state index in [1.807, 2.05) is 0 Å². The summed E-state index contributed by atoms with van der Waals surface area (Å²) in [5.74, 6) is 0.909. The van der Waals surface area contributed by atoms with E-state index in [1.54, 1.807) is 0 Å². The van der Waals surface area contributed by atoms with Crippen molar-refractivity contribution in [3.63, 3.8) is 0 Å². The molecule has 0 saturated heterocycles. The molecule has 0 aromatic rings. The highest BCUT2D eigenvalue weighted by Gasteiger charge is 2.27. The zero-order valence-electron chi connectivity index (χ0n) is 9.60. The van der Waals surface area contributed by atoms with Crippen molar-refractivity contribution in [3.8, 4) is 0 Å². The van der Waals surface area contributed by atoms with Gasteiger partial charge in [-0.15, -0.1) is 0 Å². The summed E-state index contributed by atoms with van der Waals surface area (Å²) in [6, 6.07) is 0. The summed E-state index contributed by atoms with van der Waals surface area (Å²) in [5.41, 5.74) is 11.4. The van der Waals surface area contributed by atoms with E-state index in [-0.39, 0.29) is 5.66 Å². The summed E-state index contributed by atoms with van der Waals surface area (Å²) >= 11 is 0. The van der Waals surface area contributed by atoms with Crippen molar-refractivity contribution in [1.29, 1.82) is 0 Å². The number of unbranched alkanes of at least 4 members (excludes halogenated alkanes) is 3. The van der Waals surface area contributed by atoms with Gasteiger partial charge in [-0.1, -0.05) is 39.0 Å². The van der Waals surface area contributed by atoms with E-state index in [1.165, 1.54) is 44.9 Å². The fourth-order valence-corrected chi connectivity index (χ4v) is 2.36. The van der Waals surface area contributed by atoms with Crippen molar-refractivity contribution in [2.24, 2.45) is 17.4 Å². The predicted octanol–water partition coefficient (Wildman–Crippen LogP) is 2.76. The molecule has 1 aliphatic rings. The molecule has 0 atom stereocenters. The molecule has 0 unspecified atom stereocenters. The molecule has 0 bridgehead atoms. The second-order valence-corrected chi connectivity index (χ2v) is 5.03. The van der Waals surface area contributed by atoms with Crippen LogP contribution in [0.15, 0.2) is 0 Å². The molecule has 2 heteroatoms. The van der Waals surface area contributed by atoms with Crippen molar-refractivity contribution in [1.82, 2.24) is 0 Å². The van der Waals surface area contributed by atoms with Gasteiger partial charge in [0, 0.05) is 0 Å². The topological polar surface area (TPSA) is 52.0 Å². The monoisotopic (exact) mass is 198 g/mol. The van der Waals surface area contributed by atoms with Crippen LogP contribution >= 0.6 is 0 Å². The Hall–Kier alpha value is -0.0800. The minimum atomic E-state index is -0.347. The van der Waals surface area contributed by atoms with Gasteiger partial charge in [-0.05, 0) is 31.6 Å². The second kappa shape index (κ2) is 5.72. The van der Waals surface area contributed by atoms with Gasteiger partial charge in [0.15, 0.2) is 0 Å². The Morgan fingerprint density at radius 1 is 1.07 bits per heavy atom. The molecular formula is C12H26N2. The van der Waals surface area contributed by atoms with Crippen LogP contribution in [0.4, 0.5) is 0 Å². The van der Waals surface area contributed by atoms with E-state index in [0.29, 0.717) is 0 Å². The summed E-state index contributed by atoms with van der Waals surface area (Å²) in [4.78, 5) is 0. The molecule has 2 nitrogen and oxygen atoms in total. The Bertz CT molecular complexity index is 144. The number of nitrogens with two attached hydrogens (primary N) is 2. The van der Waals surface area contributed by atoms with Crippen molar-refractivity contribution in [2.45, 2.75) is 70.4 Å². The van der Waals surface area contributed by atoms with Crippen LogP contribution in [0.2, 0.25) is 0 Å². The Balaban J connectivity index is 2.04. The Morgan fingerprint density at radius 3 is 2.29 bits per heavy atom. The molecule has 1 saturated carbocycles. The normalized spacial score (nSPS) is 22.5. The van der Waals surface area contributed by atoms with Crippen LogP contribution in [-0.2, 0) is 0 Å². The number of hydrogen-bond donors (Lipinski definition) is 2. The van der Waals surface area contributed by atoms with E-state index in [9.17, 15) is 0 Å². The zero-order valence-corrected chi connectivity index (χ0v) is 9.60. The van der Waals surface area contributed by atoms with Gasteiger partial charge in [0.25, 0.3) is 0 Å². The van der Waals surface area contributed by atoms with Crippen molar-refractivity contribution in [3.05, 3.63) is 0 Å². The van der Waals surface area contributed by atoms with E-state index < -0.39 is 0 Å². The minimum Gasteiger partial charge on any atom is -0.313 e. The maximum Gasteiger partial charge on any atom is 0.0636 e. The standard InChI is InChI=1S/C12H26N2/c1-2-3-4-5-6-11-7-9-12(13,14)10-8-11/h11H,2-10,13-14H2,1H3. The first kappa shape index (κ1) is 12.0. The lowest BCUT2D eigenvalue weighted by atomic mass is 9.80. The van der Waals surface area contributed by atoms with Gasteiger partial charge in [-0.3, -0.25) is 0 Å². The van der Waals surface area contributed by atoms with Gasteiger partial charge >= 0.3 is 0 Å². The van der Waals surface area contributed by atoms with Crippen LogP contribution in [0.25, 0.3) is 0 Å². The Morgan fingerprint density at radius 2 is 1.71 bits per heavy atom. The fraction of sp³-hybridized carbons (Fsp3) is 1.00. The summed E-state index contributed by atoms with van der Waals surface area (Å²) in [6.07, 6.45) is 11.5. The highest BCUT2D eigenvalue weighted by Crippen LogP contribution is 2.30. The molecule has 14 heavy (non-hydrogen) atoms. The molecule has 0 aromatic heterocycles. The molecule has 0 spiro atoms. The van der Waals surface area contributed by atoms with E-state index in [0.717, 1.165) is 18.8 Å². The first-order valence-electron chi connectivity index (χ1n) is 6.22. The van der Waals surface area contributed by atoms with Gasteiger partial charge in [-0.25, -0.2) is 0 Å². The average Bonchev–Trinajstić information content (AvgIpc) is 2.15. The molecule has 84 valence electrons. The third-order valence-corrected chi connectivity index (χ3v) is 3.50. The van der Waals surface area contributed by atoms with Crippen molar-refractivity contribution < 1.29 is 0 Å². The van der Waals surface area contributed by atoms with E-state index >= 15 is 0 Å². The van der Waals surface area contributed by atoms with Gasteiger partial charge < -0.3 is 11.5 Å². The molecule has 1 rings (SSSR count). The second-order valence-electron chi connectivity index (χ2n) is 5.03. The lowest BCUT2D eigenvalue weighted by molar-refractivity contribution is 0.227. The summed E-state index contributed by atoms with van der Waals surface area (Å²) in [6.45, 7) is 2.26. The molecule has 4 N–H and O–H groups in total. The lowest BCUT2D eigenvalue weighted by Gasteiger charge is -2.33. The van der Waals surface area contributed by atoms with Gasteiger partial charge in [0.1, 0.15) is 0 Å². The molecule has 0 amide bonds. The Labute approximate surface area is 88.4 Å². The van der Waals surface area contributed by atoms with Crippen molar-refractivity contribution >= 4 is 0 Å². The maximum absolute atomic E-state index is 5.89. The molecular weight excluding hydrogens is 172 g/mol. The Kier molecular flexibility index (Phi) is 4.90. The third kappa shape index (κ3) is 4.43. The summed E-state index contributed by atoms with van der Waals surface area (Å²) in [7, 11) is 0. The number of hydrogen-bond acceptors (Lipinski definition) is 2. The quantitative estimate of drug-likeness (QED) is 0.527. The fourth-order valence-electron chi connectivity index (χ4n) is 2.36. The summed E-state index contributed by atoms with van der Waals surface area (Å²) in [5, 5.41) is 0. The maximum atomic E-state index is 5.89. The van der Waals surface area contributed by atoms with E-state index in [2.05, 4.69) is 6.92 Å². The highest BCUT2D eigenvalue weighted by molar-refractivity contribution is 4.84. The van der Waals surface area contributed by atoms with Crippen LogP contribution in [-0.4, -0.2) is 5.66 Å². The van der Waals surface area contributed by atoms with Crippen LogP contribution in [0.3, 0.4) is 0 Å². The zero-order chi connectivity index (χ0) is 10.4. The first-order valence-corrected chi connectivity index (χ1v) is 6.22. The molecule has 1 aliphatic carbocycles. The molecule has 0 heterocycles. The van der Waals surface area contributed by atoms with E-state index in [4.69, 9.17) is 11.5 Å². The number of rotatable bonds is 5. The first-order chi connectivity index (χ1) is 6.64. The smallest absolute Gasteiger partial charge is 0.0636 e. The third-order valence-electron chi connectivity index (χ3n) is 3.50. The average molecular weight is 198 g/mol. The predicted molar refractivity (Wildman–Crippen MR) is 61.8 cm³/mol. The minimum absolute atomic E-state index is 0.347. The highest BCUT2D eigenvalue weighted by atomic mass is 15.0. The van der Waals surface area contributed by atoms with Crippen LogP contribution in [0.1, 0.15) is 64.7 Å². The molecule has 0 radical (unpaired) electrons. The lowest BCUT2D eigenvalue weighted by Crippen LogP contribution is -2.51. The summed E-state index contributed by atoms with van der Waals surface area (Å²) < 4.78 is 0. The van der Waals surface area contributed by atoms with Crippen molar-refractivity contribution in [2.75, 3.05) is 0 Å². The van der Waals surface area contributed by atoms with Crippen LogP contribution in [0.5, 0.6) is 0 Å². The van der Waals surface area contributed by atoms with Gasteiger partial charge in [0.05, 0.1) is 5.66 Å².